The van der Waals surface area contributed by atoms with Gasteiger partial charge in [0.1, 0.15) is 11.5 Å². The molecule has 0 radical (unpaired) electrons. The minimum absolute atomic E-state index is 0.171. The number of hydrogen-bond donors (Lipinski definition) is 0. The molecule has 0 saturated heterocycles. The van der Waals surface area contributed by atoms with Crippen LogP contribution in [-0.4, -0.2) is 15.0 Å². The van der Waals surface area contributed by atoms with Gasteiger partial charge in [0, 0.05) is 5.56 Å². The molecule has 0 atom stereocenters. The third-order valence-electron chi connectivity index (χ3n) is 4.53. The zero-order valence-corrected chi connectivity index (χ0v) is 16.0. The lowest BCUT2D eigenvalue weighted by molar-refractivity contribution is 0.398. The number of ether oxygens (including phenoxy) is 2. The van der Waals surface area contributed by atoms with Gasteiger partial charge in [0.25, 0.3) is 0 Å². The number of rotatable bonds is 5. The molecule has 30 heavy (non-hydrogen) atoms. The van der Waals surface area contributed by atoms with Crippen molar-refractivity contribution < 1.29 is 9.47 Å². The van der Waals surface area contributed by atoms with Gasteiger partial charge in [-0.1, -0.05) is 78.9 Å². The molecule has 0 N–H and O–H groups in total. The highest BCUT2D eigenvalue weighted by Crippen LogP contribution is 2.30. The van der Waals surface area contributed by atoms with Crippen LogP contribution in [0.25, 0.3) is 22.2 Å². The van der Waals surface area contributed by atoms with Crippen molar-refractivity contribution in [3.05, 3.63) is 103 Å². The summed E-state index contributed by atoms with van der Waals surface area (Å²) in [6.45, 7) is 0. The average molecular weight is 391 g/mol. The van der Waals surface area contributed by atoms with Gasteiger partial charge < -0.3 is 9.47 Å². The summed E-state index contributed by atoms with van der Waals surface area (Å²) in [6, 6.07) is 33.3. The van der Waals surface area contributed by atoms with Crippen molar-refractivity contribution in [2.24, 2.45) is 0 Å². The summed E-state index contributed by atoms with van der Waals surface area (Å²) in [7, 11) is 0. The Kier molecular flexibility index (Phi) is 4.76. The molecule has 5 nitrogen and oxygen atoms in total. The first-order chi connectivity index (χ1) is 14.8. The monoisotopic (exact) mass is 391 g/mol. The maximum Gasteiger partial charge on any atom is 0.328 e. The van der Waals surface area contributed by atoms with Crippen LogP contribution in [0, 0.1) is 0 Å². The summed E-state index contributed by atoms with van der Waals surface area (Å²) >= 11 is 0. The van der Waals surface area contributed by atoms with Crippen LogP contribution in [0.3, 0.4) is 0 Å². The van der Waals surface area contributed by atoms with Crippen molar-refractivity contribution in [2.45, 2.75) is 0 Å². The lowest BCUT2D eigenvalue weighted by atomic mass is 10.0. The zero-order chi connectivity index (χ0) is 20.2. The Labute approximate surface area is 173 Å². The first-order valence-electron chi connectivity index (χ1n) is 9.55. The van der Waals surface area contributed by atoms with Crippen molar-refractivity contribution >= 4 is 10.8 Å². The summed E-state index contributed by atoms with van der Waals surface area (Å²) in [5, 5.41) is 2.15. The maximum absolute atomic E-state index is 5.89. The Bertz CT molecular complexity index is 1230. The number of aromatic nitrogens is 3. The standard InChI is InChI=1S/C25H17N3O2/c1-3-12-19(13-4-1)29-24-26-23(22-17-9-11-18-10-7-8-16-21(18)22)27-25(28-24)30-20-14-5-2-6-15-20/h1-17H. The Morgan fingerprint density at radius 2 is 1.00 bits per heavy atom. The van der Waals surface area contributed by atoms with Crippen LogP contribution in [0.2, 0.25) is 0 Å². The Morgan fingerprint density at radius 1 is 0.467 bits per heavy atom. The third-order valence-corrected chi connectivity index (χ3v) is 4.53. The molecule has 4 aromatic carbocycles. The fourth-order valence-electron chi connectivity index (χ4n) is 3.16. The molecule has 0 amide bonds. The van der Waals surface area contributed by atoms with Crippen LogP contribution in [-0.2, 0) is 0 Å². The summed E-state index contributed by atoms with van der Waals surface area (Å²) in [6.07, 6.45) is 0. The minimum Gasteiger partial charge on any atom is -0.424 e. The summed E-state index contributed by atoms with van der Waals surface area (Å²) in [5.74, 6) is 1.76. The SMILES string of the molecule is c1ccc(Oc2nc(Oc3ccccc3)nc(-c3cccc4ccccc34)n2)cc1. The molecule has 1 heterocycles. The van der Waals surface area contributed by atoms with E-state index in [-0.39, 0.29) is 12.0 Å². The van der Waals surface area contributed by atoms with Gasteiger partial charge >= 0.3 is 12.0 Å². The van der Waals surface area contributed by atoms with E-state index in [1.165, 1.54) is 0 Å². The van der Waals surface area contributed by atoms with Gasteiger partial charge in [-0.05, 0) is 35.0 Å². The van der Waals surface area contributed by atoms with Gasteiger partial charge in [-0.2, -0.15) is 9.97 Å². The second kappa shape index (κ2) is 8.01. The van der Waals surface area contributed by atoms with Crippen LogP contribution >= 0.6 is 0 Å². The van der Waals surface area contributed by atoms with Crippen molar-refractivity contribution in [3.63, 3.8) is 0 Å². The van der Waals surface area contributed by atoms with E-state index in [4.69, 9.17) is 9.47 Å². The van der Waals surface area contributed by atoms with E-state index in [9.17, 15) is 0 Å². The average Bonchev–Trinajstić information content (AvgIpc) is 2.80. The molecule has 0 aliphatic carbocycles. The van der Waals surface area contributed by atoms with Crippen LogP contribution in [0.4, 0.5) is 0 Å². The van der Waals surface area contributed by atoms with E-state index in [0.29, 0.717) is 17.3 Å². The number of fused-ring (bicyclic) bond motifs is 1. The topological polar surface area (TPSA) is 57.1 Å². The number of hydrogen-bond acceptors (Lipinski definition) is 5. The molecule has 1 aromatic heterocycles. The molecule has 0 unspecified atom stereocenters. The molecular weight excluding hydrogens is 374 g/mol. The van der Waals surface area contributed by atoms with Crippen LogP contribution in [0.15, 0.2) is 103 Å². The van der Waals surface area contributed by atoms with Gasteiger partial charge in [0.05, 0.1) is 0 Å². The van der Waals surface area contributed by atoms with Gasteiger partial charge in [-0.15, -0.1) is 4.98 Å². The van der Waals surface area contributed by atoms with Gasteiger partial charge in [-0.3, -0.25) is 0 Å². The molecule has 5 rings (SSSR count). The quantitative estimate of drug-likeness (QED) is 0.353. The Morgan fingerprint density at radius 3 is 1.63 bits per heavy atom. The minimum atomic E-state index is 0.171. The van der Waals surface area contributed by atoms with Crippen molar-refractivity contribution in [1.82, 2.24) is 15.0 Å². The lowest BCUT2D eigenvalue weighted by Gasteiger charge is -2.10. The second-order valence-corrected chi connectivity index (χ2v) is 6.58. The van der Waals surface area contributed by atoms with E-state index in [0.717, 1.165) is 16.3 Å². The summed E-state index contributed by atoms with van der Waals surface area (Å²) < 4.78 is 11.8. The predicted octanol–water partition coefficient (Wildman–Crippen LogP) is 6.28. The molecule has 144 valence electrons. The molecule has 0 saturated carbocycles. The lowest BCUT2D eigenvalue weighted by Crippen LogP contribution is -2.01. The second-order valence-electron chi connectivity index (χ2n) is 6.58. The van der Waals surface area contributed by atoms with Crippen LogP contribution in [0.5, 0.6) is 23.5 Å². The fraction of sp³-hybridized carbons (Fsp3) is 0. The molecule has 0 spiro atoms. The predicted molar refractivity (Wildman–Crippen MR) is 116 cm³/mol. The number of benzene rings is 4. The maximum atomic E-state index is 5.89. The van der Waals surface area contributed by atoms with Crippen molar-refractivity contribution in [3.8, 4) is 34.9 Å². The van der Waals surface area contributed by atoms with E-state index < -0.39 is 0 Å². The normalized spacial score (nSPS) is 10.7. The van der Waals surface area contributed by atoms with Crippen LogP contribution < -0.4 is 9.47 Å². The van der Waals surface area contributed by atoms with E-state index in [2.05, 4.69) is 27.1 Å². The molecular formula is C25H17N3O2. The van der Waals surface area contributed by atoms with Gasteiger partial charge in [0.15, 0.2) is 5.82 Å². The summed E-state index contributed by atoms with van der Waals surface area (Å²) in [4.78, 5) is 13.5. The third kappa shape index (κ3) is 3.82. The molecule has 5 aromatic rings. The highest BCUT2D eigenvalue weighted by atomic mass is 16.5. The molecule has 0 aliphatic heterocycles. The van der Waals surface area contributed by atoms with E-state index >= 15 is 0 Å². The zero-order valence-electron chi connectivity index (χ0n) is 16.0. The number of nitrogens with zero attached hydrogens (tertiary/aromatic N) is 3. The van der Waals surface area contributed by atoms with Gasteiger partial charge in [-0.25, -0.2) is 0 Å². The largest absolute Gasteiger partial charge is 0.424 e. The molecule has 0 aliphatic rings. The molecule has 0 fully saturated rings. The highest BCUT2D eigenvalue weighted by molar-refractivity contribution is 5.95. The molecule has 0 bridgehead atoms. The van der Waals surface area contributed by atoms with Crippen molar-refractivity contribution in [1.29, 1.82) is 0 Å². The first-order valence-corrected chi connectivity index (χ1v) is 9.55. The molecule has 5 heteroatoms. The summed E-state index contributed by atoms with van der Waals surface area (Å²) in [5.41, 5.74) is 0.881. The fourth-order valence-corrected chi connectivity index (χ4v) is 3.16. The Hall–Kier alpha value is -4.25. The van der Waals surface area contributed by atoms with E-state index in [1.54, 1.807) is 0 Å². The smallest absolute Gasteiger partial charge is 0.328 e. The highest BCUT2D eigenvalue weighted by Gasteiger charge is 2.14. The van der Waals surface area contributed by atoms with Crippen LogP contribution in [0.1, 0.15) is 0 Å². The van der Waals surface area contributed by atoms with E-state index in [1.807, 2.05) is 91.0 Å². The van der Waals surface area contributed by atoms with Gasteiger partial charge in [0.2, 0.25) is 0 Å². The first kappa shape index (κ1) is 17.8. The Balaban J connectivity index is 1.62. The number of para-hydroxylation sites is 2. The van der Waals surface area contributed by atoms with Crippen molar-refractivity contribution in [2.75, 3.05) is 0 Å².